The second kappa shape index (κ2) is 6.08. The molecule has 0 spiro atoms. The lowest BCUT2D eigenvalue weighted by molar-refractivity contribution is -0.139. The Morgan fingerprint density at radius 2 is 2.05 bits per heavy atom. The molecular formula is C14H23NO4. The van der Waals surface area contributed by atoms with Crippen molar-refractivity contribution in [3.8, 4) is 0 Å². The maximum atomic E-state index is 12.1. The molecule has 19 heavy (non-hydrogen) atoms. The van der Waals surface area contributed by atoms with Gasteiger partial charge in [0, 0.05) is 6.54 Å². The highest BCUT2D eigenvalue weighted by molar-refractivity contribution is 5.91. The van der Waals surface area contributed by atoms with Gasteiger partial charge in [0.25, 0.3) is 0 Å². The van der Waals surface area contributed by atoms with Gasteiger partial charge in [0.05, 0.1) is 18.2 Å². The first-order valence-electron chi connectivity index (χ1n) is 6.63. The average molecular weight is 269 g/mol. The van der Waals surface area contributed by atoms with E-state index in [1.54, 1.807) is 11.8 Å². The minimum Gasteiger partial charge on any atom is -0.463 e. The van der Waals surface area contributed by atoms with Gasteiger partial charge in [-0.1, -0.05) is 6.08 Å². The molecule has 0 aromatic rings. The van der Waals surface area contributed by atoms with Gasteiger partial charge in [-0.3, -0.25) is 0 Å². The molecule has 5 heteroatoms. The predicted molar refractivity (Wildman–Crippen MR) is 71.7 cm³/mol. The molecular weight excluding hydrogens is 246 g/mol. The summed E-state index contributed by atoms with van der Waals surface area (Å²) in [6, 6.07) is -0.317. The summed E-state index contributed by atoms with van der Waals surface area (Å²) >= 11 is 0. The normalized spacial score (nSPS) is 19.7. The Bertz CT molecular complexity index is 381. The molecule has 1 atom stereocenters. The van der Waals surface area contributed by atoms with Crippen LogP contribution in [0.2, 0.25) is 0 Å². The number of hydrogen-bond donors (Lipinski definition) is 0. The van der Waals surface area contributed by atoms with E-state index < -0.39 is 11.7 Å². The van der Waals surface area contributed by atoms with Crippen molar-refractivity contribution in [3.05, 3.63) is 11.6 Å². The molecule has 0 fully saturated rings. The SMILES string of the molecule is CCOC(=O)C1=CCCN(C(=O)OC(C)(C)C)C1C. The zero-order chi connectivity index (χ0) is 14.6. The van der Waals surface area contributed by atoms with Crippen molar-refractivity contribution >= 4 is 12.1 Å². The monoisotopic (exact) mass is 269 g/mol. The molecule has 0 aromatic heterocycles. The Morgan fingerprint density at radius 3 is 2.58 bits per heavy atom. The van der Waals surface area contributed by atoms with Crippen LogP contribution in [0.15, 0.2) is 11.6 Å². The van der Waals surface area contributed by atoms with E-state index in [1.165, 1.54) is 0 Å². The molecule has 1 aliphatic heterocycles. The van der Waals surface area contributed by atoms with Crippen LogP contribution in [0.1, 0.15) is 41.0 Å². The third-order valence-electron chi connectivity index (χ3n) is 2.79. The molecule has 0 saturated heterocycles. The van der Waals surface area contributed by atoms with Gasteiger partial charge < -0.3 is 14.4 Å². The fraction of sp³-hybridized carbons (Fsp3) is 0.714. The topological polar surface area (TPSA) is 55.8 Å². The van der Waals surface area contributed by atoms with E-state index in [0.29, 0.717) is 25.1 Å². The summed E-state index contributed by atoms with van der Waals surface area (Å²) in [5.41, 5.74) is -0.0128. The molecule has 1 amide bonds. The van der Waals surface area contributed by atoms with Gasteiger partial charge in [0.2, 0.25) is 0 Å². The maximum absolute atomic E-state index is 12.1. The van der Waals surface area contributed by atoms with E-state index >= 15 is 0 Å². The summed E-state index contributed by atoms with van der Waals surface area (Å²) in [6.45, 7) is 9.92. The van der Waals surface area contributed by atoms with Crippen molar-refractivity contribution in [2.75, 3.05) is 13.2 Å². The van der Waals surface area contributed by atoms with Crippen molar-refractivity contribution in [3.63, 3.8) is 0 Å². The van der Waals surface area contributed by atoms with Crippen LogP contribution in [0.5, 0.6) is 0 Å². The van der Waals surface area contributed by atoms with Gasteiger partial charge in [-0.05, 0) is 41.0 Å². The minimum absolute atomic E-state index is 0.317. The molecule has 0 bridgehead atoms. The van der Waals surface area contributed by atoms with Crippen molar-refractivity contribution in [1.82, 2.24) is 4.90 Å². The Morgan fingerprint density at radius 1 is 1.42 bits per heavy atom. The van der Waals surface area contributed by atoms with E-state index in [9.17, 15) is 9.59 Å². The fourth-order valence-corrected chi connectivity index (χ4v) is 1.93. The highest BCUT2D eigenvalue weighted by atomic mass is 16.6. The quantitative estimate of drug-likeness (QED) is 0.723. The summed E-state index contributed by atoms with van der Waals surface area (Å²) in [7, 11) is 0. The lowest BCUT2D eigenvalue weighted by Crippen LogP contribution is -2.46. The largest absolute Gasteiger partial charge is 0.463 e. The number of esters is 1. The molecule has 0 aliphatic carbocycles. The summed E-state index contributed by atoms with van der Waals surface area (Å²) in [6.07, 6.45) is 2.08. The predicted octanol–water partition coefficient (Wildman–Crippen LogP) is 2.51. The molecule has 1 rings (SSSR count). The minimum atomic E-state index is -0.540. The number of carbonyl (C=O) groups excluding carboxylic acids is 2. The van der Waals surface area contributed by atoms with Crippen molar-refractivity contribution < 1.29 is 19.1 Å². The number of amides is 1. The Kier molecular flexibility index (Phi) is 4.97. The number of carbonyl (C=O) groups is 2. The van der Waals surface area contributed by atoms with Crippen LogP contribution in [-0.2, 0) is 14.3 Å². The Labute approximate surface area is 114 Å². The lowest BCUT2D eigenvalue weighted by Gasteiger charge is -2.34. The van der Waals surface area contributed by atoms with Gasteiger partial charge in [-0.2, -0.15) is 0 Å². The van der Waals surface area contributed by atoms with Crippen LogP contribution in [0.4, 0.5) is 4.79 Å². The smallest absolute Gasteiger partial charge is 0.410 e. The summed E-state index contributed by atoms with van der Waals surface area (Å²) in [5, 5.41) is 0. The molecule has 0 aromatic carbocycles. The molecule has 0 saturated carbocycles. The van der Waals surface area contributed by atoms with E-state index in [0.717, 1.165) is 0 Å². The van der Waals surface area contributed by atoms with E-state index in [2.05, 4.69) is 0 Å². The first-order valence-corrected chi connectivity index (χ1v) is 6.63. The zero-order valence-corrected chi connectivity index (χ0v) is 12.4. The standard InChI is InChI=1S/C14H23NO4/c1-6-18-12(16)11-8-7-9-15(10(11)2)13(17)19-14(3,4)5/h8,10H,6-7,9H2,1-5H3. The fourth-order valence-electron chi connectivity index (χ4n) is 1.93. The third-order valence-corrected chi connectivity index (χ3v) is 2.79. The van der Waals surface area contributed by atoms with Gasteiger partial charge in [-0.15, -0.1) is 0 Å². The molecule has 0 radical (unpaired) electrons. The second-order valence-electron chi connectivity index (χ2n) is 5.52. The zero-order valence-electron chi connectivity index (χ0n) is 12.4. The Hall–Kier alpha value is -1.52. The first kappa shape index (κ1) is 15.5. The molecule has 108 valence electrons. The number of rotatable bonds is 2. The first-order chi connectivity index (χ1) is 8.76. The molecule has 1 heterocycles. The van der Waals surface area contributed by atoms with E-state index in [4.69, 9.17) is 9.47 Å². The number of ether oxygens (including phenoxy) is 2. The third kappa shape index (κ3) is 4.26. The van der Waals surface area contributed by atoms with Crippen LogP contribution in [0.25, 0.3) is 0 Å². The van der Waals surface area contributed by atoms with Crippen molar-refractivity contribution in [2.24, 2.45) is 0 Å². The lowest BCUT2D eigenvalue weighted by atomic mass is 10.0. The van der Waals surface area contributed by atoms with Crippen LogP contribution in [-0.4, -0.2) is 41.8 Å². The van der Waals surface area contributed by atoms with Gasteiger partial charge in [0.1, 0.15) is 5.60 Å². The summed E-state index contributed by atoms with van der Waals surface area (Å²) in [5.74, 6) is -0.358. The molecule has 0 N–H and O–H groups in total. The number of hydrogen-bond acceptors (Lipinski definition) is 4. The van der Waals surface area contributed by atoms with E-state index in [1.807, 2.05) is 33.8 Å². The van der Waals surface area contributed by atoms with Crippen LogP contribution in [0, 0.1) is 0 Å². The van der Waals surface area contributed by atoms with Crippen molar-refractivity contribution in [1.29, 1.82) is 0 Å². The van der Waals surface area contributed by atoms with Crippen LogP contribution >= 0.6 is 0 Å². The molecule has 5 nitrogen and oxygen atoms in total. The summed E-state index contributed by atoms with van der Waals surface area (Å²) in [4.78, 5) is 25.4. The van der Waals surface area contributed by atoms with Gasteiger partial charge in [0.15, 0.2) is 0 Å². The summed E-state index contributed by atoms with van der Waals surface area (Å²) < 4.78 is 10.3. The molecule has 1 aliphatic rings. The van der Waals surface area contributed by atoms with Crippen molar-refractivity contribution in [2.45, 2.75) is 52.7 Å². The Balaban J connectivity index is 2.76. The number of nitrogens with zero attached hydrogens (tertiary/aromatic N) is 1. The highest BCUT2D eigenvalue weighted by Crippen LogP contribution is 2.21. The molecule has 1 unspecified atom stereocenters. The van der Waals surface area contributed by atoms with E-state index in [-0.39, 0.29) is 12.0 Å². The maximum Gasteiger partial charge on any atom is 0.410 e. The second-order valence-corrected chi connectivity index (χ2v) is 5.52. The van der Waals surface area contributed by atoms with Gasteiger partial charge in [-0.25, -0.2) is 9.59 Å². The van der Waals surface area contributed by atoms with Gasteiger partial charge >= 0.3 is 12.1 Å². The highest BCUT2D eigenvalue weighted by Gasteiger charge is 2.32. The van der Waals surface area contributed by atoms with Crippen LogP contribution < -0.4 is 0 Å². The average Bonchev–Trinajstić information content (AvgIpc) is 2.27. The van der Waals surface area contributed by atoms with Crippen LogP contribution in [0.3, 0.4) is 0 Å².